The zero-order valence-electron chi connectivity index (χ0n) is 19.5. The smallest absolute Gasteiger partial charge is 0.407 e. The van der Waals surface area contributed by atoms with Crippen LogP contribution < -0.4 is 10.6 Å². The van der Waals surface area contributed by atoms with Gasteiger partial charge < -0.3 is 20.5 Å². The Balaban J connectivity index is 1.32. The van der Waals surface area contributed by atoms with Crippen molar-refractivity contribution >= 4 is 18.0 Å². The zero-order chi connectivity index (χ0) is 24.1. The van der Waals surface area contributed by atoms with Gasteiger partial charge in [0.15, 0.2) is 0 Å². The van der Waals surface area contributed by atoms with Crippen LogP contribution in [0.4, 0.5) is 4.79 Å². The van der Waals surface area contributed by atoms with E-state index in [1.165, 1.54) is 11.1 Å². The lowest BCUT2D eigenvalue weighted by molar-refractivity contribution is -0.142. The molecule has 0 bridgehead atoms. The van der Waals surface area contributed by atoms with E-state index in [1.54, 1.807) is 0 Å². The Morgan fingerprint density at radius 1 is 1.03 bits per heavy atom. The lowest BCUT2D eigenvalue weighted by Crippen LogP contribution is -2.45. The molecule has 0 aromatic heterocycles. The highest BCUT2D eigenvalue weighted by atomic mass is 16.5. The lowest BCUT2D eigenvalue weighted by Gasteiger charge is -2.22. The summed E-state index contributed by atoms with van der Waals surface area (Å²) in [4.78, 5) is 36.7. The van der Waals surface area contributed by atoms with Gasteiger partial charge in [-0.3, -0.25) is 9.59 Å². The van der Waals surface area contributed by atoms with Gasteiger partial charge in [-0.25, -0.2) is 4.79 Å². The molecule has 2 aromatic carbocycles. The number of hydrogen-bond acceptors (Lipinski definition) is 4. The molecule has 34 heavy (non-hydrogen) atoms. The third kappa shape index (κ3) is 5.08. The van der Waals surface area contributed by atoms with Gasteiger partial charge in [-0.05, 0) is 41.5 Å². The van der Waals surface area contributed by atoms with E-state index in [0.29, 0.717) is 19.3 Å². The summed E-state index contributed by atoms with van der Waals surface area (Å²) in [6.07, 6.45) is 2.86. The van der Waals surface area contributed by atoms with Crippen molar-refractivity contribution in [1.29, 1.82) is 0 Å². The van der Waals surface area contributed by atoms with E-state index in [9.17, 15) is 19.5 Å². The molecule has 3 atom stereocenters. The van der Waals surface area contributed by atoms with Gasteiger partial charge in [0.1, 0.15) is 6.61 Å². The topological polar surface area (TPSA) is 105 Å². The van der Waals surface area contributed by atoms with Crippen molar-refractivity contribution in [1.82, 2.24) is 10.6 Å². The van der Waals surface area contributed by atoms with Gasteiger partial charge in [0.2, 0.25) is 5.91 Å². The number of ether oxygens (including phenoxy) is 1. The summed E-state index contributed by atoms with van der Waals surface area (Å²) in [5.41, 5.74) is 4.62. The van der Waals surface area contributed by atoms with Crippen molar-refractivity contribution < 1.29 is 24.2 Å². The van der Waals surface area contributed by atoms with Crippen molar-refractivity contribution in [3.63, 3.8) is 0 Å². The van der Waals surface area contributed by atoms with Crippen LogP contribution in [-0.2, 0) is 14.3 Å². The molecule has 1 fully saturated rings. The number of carbonyl (C=O) groups excluding carboxylic acids is 2. The monoisotopic (exact) mass is 464 g/mol. The maximum Gasteiger partial charge on any atom is 0.407 e. The molecule has 7 nitrogen and oxygen atoms in total. The Morgan fingerprint density at radius 2 is 1.68 bits per heavy atom. The maximum atomic E-state index is 12.8. The molecule has 4 rings (SSSR count). The van der Waals surface area contributed by atoms with Crippen molar-refractivity contribution in [3.05, 3.63) is 59.7 Å². The second-order valence-corrected chi connectivity index (χ2v) is 9.18. The van der Waals surface area contributed by atoms with Gasteiger partial charge in [-0.1, -0.05) is 68.3 Å². The quantitative estimate of drug-likeness (QED) is 0.513. The number of carbonyl (C=O) groups is 3. The number of aliphatic carboxylic acids is 1. The number of amides is 2. The summed E-state index contributed by atoms with van der Waals surface area (Å²) in [6.45, 7) is 2.34. The van der Waals surface area contributed by atoms with Gasteiger partial charge in [-0.15, -0.1) is 0 Å². The minimum absolute atomic E-state index is 0.0248. The molecule has 3 N–H and O–H groups in total. The Kier molecular flexibility index (Phi) is 7.50. The van der Waals surface area contributed by atoms with E-state index in [0.717, 1.165) is 24.0 Å². The van der Waals surface area contributed by atoms with E-state index in [-0.39, 0.29) is 31.0 Å². The van der Waals surface area contributed by atoms with E-state index in [1.807, 2.05) is 31.2 Å². The summed E-state index contributed by atoms with van der Waals surface area (Å²) >= 11 is 0. The molecule has 180 valence electrons. The van der Waals surface area contributed by atoms with E-state index in [2.05, 4.69) is 34.9 Å². The third-order valence-electron chi connectivity index (χ3n) is 7.01. The normalized spacial score (nSPS) is 19.7. The van der Waals surface area contributed by atoms with Crippen LogP contribution in [-0.4, -0.2) is 42.3 Å². The van der Waals surface area contributed by atoms with Gasteiger partial charge in [-0.2, -0.15) is 0 Å². The van der Waals surface area contributed by atoms with Crippen LogP contribution in [0.3, 0.4) is 0 Å². The number of hydrogen-bond donors (Lipinski definition) is 3. The number of fused-ring (bicyclic) bond motifs is 3. The fraction of sp³-hybridized carbons (Fsp3) is 0.444. The minimum Gasteiger partial charge on any atom is -0.481 e. The van der Waals surface area contributed by atoms with Crippen molar-refractivity contribution in [3.8, 4) is 11.1 Å². The van der Waals surface area contributed by atoms with Crippen molar-refractivity contribution in [2.24, 2.45) is 11.8 Å². The summed E-state index contributed by atoms with van der Waals surface area (Å²) in [5.74, 6) is -2.07. The van der Waals surface area contributed by atoms with Crippen LogP contribution in [0.5, 0.6) is 0 Å². The highest BCUT2D eigenvalue weighted by molar-refractivity contribution is 5.81. The van der Waals surface area contributed by atoms with Gasteiger partial charge in [0.25, 0.3) is 0 Å². The molecule has 1 saturated carbocycles. The molecule has 0 spiro atoms. The van der Waals surface area contributed by atoms with Crippen LogP contribution in [0.25, 0.3) is 11.1 Å². The summed E-state index contributed by atoms with van der Waals surface area (Å²) in [6, 6.07) is 16.0. The first-order chi connectivity index (χ1) is 16.5. The SMILES string of the molecule is CCCC(CNC(=O)OCC1c2ccccc2-c2ccccc21)C(=O)NC1CCCC1C(=O)O. The molecule has 2 aliphatic rings. The van der Waals surface area contributed by atoms with Crippen LogP contribution >= 0.6 is 0 Å². The number of alkyl carbamates (subject to hydrolysis) is 1. The minimum atomic E-state index is -0.869. The molecule has 2 aliphatic carbocycles. The second-order valence-electron chi connectivity index (χ2n) is 9.18. The highest BCUT2D eigenvalue weighted by Gasteiger charge is 2.35. The summed E-state index contributed by atoms with van der Waals surface area (Å²) in [7, 11) is 0. The number of nitrogens with one attached hydrogen (secondary N) is 2. The number of rotatable bonds is 9. The van der Waals surface area contributed by atoms with Crippen LogP contribution in [0, 0.1) is 11.8 Å². The van der Waals surface area contributed by atoms with E-state index >= 15 is 0 Å². The average Bonchev–Trinajstić information content (AvgIpc) is 3.43. The Labute approximate surface area is 199 Å². The maximum absolute atomic E-state index is 12.8. The van der Waals surface area contributed by atoms with Crippen LogP contribution in [0.2, 0.25) is 0 Å². The number of benzene rings is 2. The van der Waals surface area contributed by atoms with E-state index in [4.69, 9.17) is 4.74 Å². The van der Waals surface area contributed by atoms with Crippen molar-refractivity contribution in [2.75, 3.05) is 13.2 Å². The van der Waals surface area contributed by atoms with E-state index < -0.39 is 23.9 Å². The Bertz CT molecular complexity index is 1010. The molecule has 0 heterocycles. The van der Waals surface area contributed by atoms with Crippen molar-refractivity contribution in [2.45, 2.75) is 51.0 Å². The molecule has 3 unspecified atom stereocenters. The first kappa shape index (κ1) is 23.8. The average molecular weight is 465 g/mol. The molecular formula is C27H32N2O5. The molecule has 0 aliphatic heterocycles. The largest absolute Gasteiger partial charge is 0.481 e. The Morgan fingerprint density at radius 3 is 2.29 bits per heavy atom. The van der Waals surface area contributed by atoms with Gasteiger partial charge in [0.05, 0.1) is 11.8 Å². The first-order valence-electron chi connectivity index (χ1n) is 12.1. The predicted molar refractivity (Wildman–Crippen MR) is 128 cm³/mol. The van der Waals surface area contributed by atoms with Crippen LogP contribution in [0.15, 0.2) is 48.5 Å². The predicted octanol–water partition coefficient (Wildman–Crippen LogP) is 4.31. The van der Waals surface area contributed by atoms with Gasteiger partial charge >= 0.3 is 12.1 Å². The molecule has 2 aromatic rings. The molecular weight excluding hydrogens is 432 g/mol. The van der Waals surface area contributed by atoms with Crippen LogP contribution in [0.1, 0.15) is 56.1 Å². The number of carboxylic acids is 1. The third-order valence-corrected chi connectivity index (χ3v) is 7.01. The molecule has 7 heteroatoms. The first-order valence-corrected chi connectivity index (χ1v) is 12.1. The fourth-order valence-corrected chi connectivity index (χ4v) is 5.26. The van der Waals surface area contributed by atoms with Gasteiger partial charge in [0, 0.05) is 18.5 Å². The summed E-state index contributed by atoms with van der Waals surface area (Å²) in [5, 5.41) is 15.0. The Hall–Kier alpha value is -3.35. The fourth-order valence-electron chi connectivity index (χ4n) is 5.26. The summed E-state index contributed by atoms with van der Waals surface area (Å²) < 4.78 is 5.57. The molecule has 2 amide bonds. The standard InChI is InChI=1S/C27H32N2O5/c1-2-8-17(25(30)29-24-14-7-13-22(24)26(31)32)15-28-27(33)34-16-23-20-11-5-3-9-18(20)19-10-4-6-12-21(19)23/h3-6,9-12,17,22-24H,2,7-8,13-16H2,1H3,(H,28,33)(H,29,30)(H,31,32). The highest BCUT2D eigenvalue weighted by Crippen LogP contribution is 2.44. The zero-order valence-corrected chi connectivity index (χ0v) is 19.5. The molecule has 0 saturated heterocycles. The lowest BCUT2D eigenvalue weighted by atomic mass is 9.98. The number of carboxylic acid groups (broad SMARTS) is 1. The molecule has 0 radical (unpaired) electrons. The second kappa shape index (κ2) is 10.7.